The standard InChI is InChI=1S/C32H33N3O2/c1-20-26(5-3-7-29(20)34-32(37)25-13-11-23(12-14-25)22-9-10-22)27-6-4-8-30-28(27)19-31(33-30)24-15-17-35(18-16-24)21(2)36/h3-8,11-14,19,22,24,33H,9-10,15-18H2,1-2H3,(H,34,37). The predicted octanol–water partition coefficient (Wildman–Crippen LogP) is 7.00. The zero-order valence-corrected chi connectivity index (χ0v) is 21.5. The minimum atomic E-state index is -0.0818. The zero-order chi connectivity index (χ0) is 25.5. The Morgan fingerprint density at radius 1 is 0.865 bits per heavy atom. The molecule has 1 saturated heterocycles. The van der Waals surface area contributed by atoms with Gasteiger partial charge in [-0.3, -0.25) is 9.59 Å². The molecule has 6 rings (SSSR count). The van der Waals surface area contributed by atoms with Crippen molar-refractivity contribution in [3.63, 3.8) is 0 Å². The van der Waals surface area contributed by atoms with Gasteiger partial charge in [0.25, 0.3) is 5.91 Å². The number of H-pyrrole nitrogens is 1. The number of fused-ring (bicyclic) bond motifs is 1. The van der Waals surface area contributed by atoms with Crippen LogP contribution >= 0.6 is 0 Å². The number of aromatic nitrogens is 1. The summed E-state index contributed by atoms with van der Waals surface area (Å²) in [4.78, 5) is 30.3. The lowest BCUT2D eigenvalue weighted by molar-refractivity contribution is -0.129. The number of rotatable bonds is 5. The summed E-state index contributed by atoms with van der Waals surface area (Å²) in [6.45, 7) is 5.35. The molecule has 0 unspecified atom stereocenters. The summed E-state index contributed by atoms with van der Waals surface area (Å²) < 4.78 is 0. The summed E-state index contributed by atoms with van der Waals surface area (Å²) in [5.74, 6) is 1.19. The fourth-order valence-electron chi connectivity index (χ4n) is 5.72. The van der Waals surface area contributed by atoms with Crippen molar-refractivity contribution in [3.05, 3.63) is 89.1 Å². The Labute approximate surface area is 217 Å². The van der Waals surface area contributed by atoms with Crippen LogP contribution in [-0.2, 0) is 4.79 Å². The maximum absolute atomic E-state index is 13.0. The Morgan fingerprint density at radius 2 is 1.57 bits per heavy atom. The first kappa shape index (κ1) is 23.5. The van der Waals surface area contributed by atoms with Crippen molar-refractivity contribution in [2.24, 2.45) is 0 Å². The number of hydrogen-bond donors (Lipinski definition) is 2. The number of likely N-dealkylation sites (tertiary alicyclic amines) is 1. The van der Waals surface area contributed by atoms with Gasteiger partial charge in [-0.05, 0) is 91.1 Å². The molecule has 188 valence electrons. The molecule has 5 heteroatoms. The van der Waals surface area contributed by atoms with Crippen molar-refractivity contribution in [3.8, 4) is 11.1 Å². The van der Waals surface area contributed by atoms with Crippen LogP contribution in [0.2, 0.25) is 0 Å². The first-order valence-electron chi connectivity index (χ1n) is 13.4. The number of nitrogens with zero attached hydrogens (tertiary/aromatic N) is 1. The first-order valence-corrected chi connectivity index (χ1v) is 13.4. The summed E-state index contributed by atoms with van der Waals surface area (Å²) in [6, 6.07) is 22.8. The molecule has 2 N–H and O–H groups in total. The van der Waals surface area contributed by atoms with Crippen molar-refractivity contribution >= 4 is 28.4 Å². The van der Waals surface area contributed by atoms with Crippen LogP contribution in [0, 0.1) is 6.92 Å². The van der Waals surface area contributed by atoms with E-state index >= 15 is 0 Å². The highest BCUT2D eigenvalue weighted by Crippen LogP contribution is 2.40. The maximum atomic E-state index is 13.0. The molecule has 0 spiro atoms. The van der Waals surface area contributed by atoms with Crippen molar-refractivity contribution in [2.45, 2.75) is 51.4 Å². The van der Waals surface area contributed by atoms with Gasteiger partial charge in [0, 0.05) is 53.8 Å². The molecule has 37 heavy (non-hydrogen) atoms. The third-order valence-corrected chi connectivity index (χ3v) is 8.16. The Hall–Kier alpha value is -3.86. The van der Waals surface area contributed by atoms with Crippen LogP contribution in [0.5, 0.6) is 0 Å². The molecule has 1 saturated carbocycles. The third kappa shape index (κ3) is 4.66. The molecule has 0 bridgehead atoms. The van der Waals surface area contributed by atoms with Gasteiger partial charge in [-0.25, -0.2) is 0 Å². The average Bonchev–Trinajstić information content (AvgIpc) is 3.68. The molecule has 1 aromatic heterocycles. The molecule has 1 aliphatic heterocycles. The van der Waals surface area contributed by atoms with Gasteiger partial charge >= 0.3 is 0 Å². The second kappa shape index (κ2) is 9.55. The minimum Gasteiger partial charge on any atom is -0.358 e. The normalized spacial score (nSPS) is 16.2. The SMILES string of the molecule is CC(=O)N1CCC(c2cc3c(-c4cccc(NC(=O)c5ccc(C6CC6)cc5)c4C)cccc3[nH]2)CC1. The largest absolute Gasteiger partial charge is 0.358 e. The van der Waals surface area contributed by atoms with Crippen LogP contribution in [0.1, 0.15) is 71.6 Å². The van der Waals surface area contributed by atoms with Crippen LogP contribution in [0.3, 0.4) is 0 Å². The van der Waals surface area contributed by atoms with Crippen LogP contribution in [0.25, 0.3) is 22.0 Å². The molecular formula is C32H33N3O2. The van der Waals surface area contributed by atoms with E-state index in [9.17, 15) is 9.59 Å². The molecule has 0 atom stereocenters. The van der Waals surface area contributed by atoms with Crippen molar-refractivity contribution < 1.29 is 9.59 Å². The number of piperidine rings is 1. The van der Waals surface area contributed by atoms with Gasteiger partial charge in [0.15, 0.2) is 0 Å². The molecule has 5 nitrogen and oxygen atoms in total. The number of hydrogen-bond acceptors (Lipinski definition) is 2. The lowest BCUT2D eigenvalue weighted by Gasteiger charge is -2.30. The second-order valence-corrected chi connectivity index (χ2v) is 10.6. The number of benzene rings is 3. The smallest absolute Gasteiger partial charge is 0.255 e. The molecule has 2 aliphatic rings. The van der Waals surface area contributed by atoms with E-state index in [4.69, 9.17) is 0 Å². The maximum Gasteiger partial charge on any atom is 0.255 e. The van der Waals surface area contributed by atoms with Crippen LogP contribution in [-0.4, -0.2) is 34.8 Å². The van der Waals surface area contributed by atoms with Crippen molar-refractivity contribution in [2.75, 3.05) is 18.4 Å². The fourth-order valence-corrected chi connectivity index (χ4v) is 5.72. The van der Waals surface area contributed by atoms with Crippen LogP contribution in [0.4, 0.5) is 5.69 Å². The quantitative estimate of drug-likeness (QED) is 0.316. The molecular weight excluding hydrogens is 458 g/mol. The summed E-state index contributed by atoms with van der Waals surface area (Å²) >= 11 is 0. The summed E-state index contributed by atoms with van der Waals surface area (Å²) in [5.41, 5.74) is 8.52. The highest BCUT2D eigenvalue weighted by Gasteiger charge is 2.25. The Morgan fingerprint density at radius 3 is 2.27 bits per heavy atom. The number of carbonyl (C=O) groups excluding carboxylic acids is 2. The zero-order valence-electron chi connectivity index (χ0n) is 21.5. The second-order valence-electron chi connectivity index (χ2n) is 10.6. The number of anilines is 1. The number of nitrogens with one attached hydrogen (secondary N) is 2. The van der Waals surface area contributed by atoms with Gasteiger partial charge in [0.2, 0.25) is 5.91 Å². The lowest BCUT2D eigenvalue weighted by Crippen LogP contribution is -2.36. The molecule has 3 aromatic carbocycles. The Kier molecular flexibility index (Phi) is 6.07. The van der Waals surface area contributed by atoms with Gasteiger partial charge < -0.3 is 15.2 Å². The van der Waals surface area contributed by atoms with Crippen LogP contribution in [0.15, 0.2) is 66.7 Å². The van der Waals surface area contributed by atoms with Gasteiger partial charge in [-0.15, -0.1) is 0 Å². The lowest BCUT2D eigenvalue weighted by atomic mass is 9.92. The number of carbonyl (C=O) groups is 2. The molecule has 1 aliphatic carbocycles. The average molecular weight is 492 g/mol. The molecule has 0 radical (unpaired) electrons. The third-order valence-electron chi connectivity index (χ3n) is 8.16. The molecule has 2 heterocycles. The Balaban J connectivity index is 1.26. The van der Waals surface area contributed by atoms with Crippen molar-refractivity contribution in [1.29, 1.82) is 0 Å². The first-order chi connectivity index (χ1) is 18.0. The van der Waals surface area contributed by atoms with E-state index in [0.717, 1.165) is 53.8 Å². The predicted molar refractivity (Wildman–Crippen MR) is 149 cm³/mol. The summed E-state index contributed by atoms with van der Waals surface area (Å²) in [5, 5.41) is 4.33. The van der Waals surface area contributed by atoms with E-state index < -0.39 is 0 Å². The van der Waals surface area contributed by atoms with E-state index in [-0.39, 0.29) is 11.8 Å². The molecule has 2 amide bonds. The van der Waals surface area contributed by atoms with E-state index in [1.807, 2.05) is 29.2 Å². The monoisotopic (exact) mass is 491 g/mol. The molecule has 2 fully saturated rings. The van der Waals surface area contributed by atoms with Gasteiger partial charge in [0.1, 0.15) is 0 Å². The van der Waals surface area contributed by atoms with Crippen LogP contribution < -0.4 is 5.32 Å². The van der Waals surface area contributed by atoms with E-state index in [0.29, 0.717) is 17.4 Å². The highest BCUT2D eigenvalue weighted by molar-refractivity contribution is 6.05. The molecule has 4 aromatic rings. The van der Waals surface area contributed by atoms with E-state index in [1.54, 1.807) is 6.92 Å². The Bertz CT molecular complexity index is 1470. The fraction of sp³-hybridized carbons (Fsp3) is 0.312. The number of amides is 2. The van der Waals surface area contributed by atoms with Gasteiger partial charge in [-0.2, -0.15) is 0 Å². The summed E-state index contributed by atoms with van der Waals surface area (Å²) in [7, 11) is 0. The van der Waals surface area contributed by atoms with Gasteiger partial charge in [0.05, 0.1) is 0 Å². The van der Waals surface area contributed by atoms with E-state index in [2.05, 4.69) is 59.7 Å². The number of aromatic amines is 1. The summed E-state index contributed by atoms with van der Waals surface area (Å²) in [6.07, 6.45) is 4.46. The minimum absolute atomic E-state index is 0.0818. The highest BCUT2D eigenvalue weighted by atomic mass is 16.2. The van der Waals surface area contributed by atoms with Gasteiger partial charge in [-0.1, -0.05) is 36.4 Å². The van der Waals surface area contributed by atoms with Crippen molar-refractivity contribution in [1.82, 2.24) is 9.88 Å². The topological polar surface area (TPSA) is 65.2 Å². The van der Waals surface area contributed by atoms with E-state index in [1.165, 1.54) is 29.5 Å².